The minimum Gasteiger partial charge on any atom is -0.337 e. The number of amides is 3. The molecule has 1 unspecified atom stereocenters. The fourth-order valence-electron chi connectivity index (χ4n) is 4.26. The number of nitrogens with two attached hydrogens (primary N) is 1. The van der Waals surface area contributed by atoms with Crippen molar-refractivity contribution in [2.24, 2.45) is 5.73 Å². The number of urea groups is 1. The standard InChI is InChI=1S/C16H23N5O3.ClH/c1-10(11-18-12(20-24-11)15(17)6-2-3-7-15)21-13(22)16(19-14(21)23)8-4-5-9-16;/h10H,2-9,17H2,1H3,(H,19,23);1H. The smallest absolute Gasteiger partial charge is 0.325 e. The highest BCUT2D eigenvalue weighted by Gasteiger charge is 2.54. The van der Waals surface area contributed by atoms with E-state index in [4.69, 9.17) is 10.3 Å². The van der Waals surface area contributed by atoms with Crippen LogP contribution in [0.3, 0.4) is 0 Å². The average molecular weight is 370 g/mol. The predicted octanol–water partition coefficient (Wildman–Crippen LogP) is 2.15. The van der Waals surface area contributed by atoms with Crippen LogP contribution in [0.25, 0.3) is 0 Å². The molecular formula is C16H24ClN5O3. The monoisotopic (exact) mass is 369 g/mol. The van der Waals surface area contributed by atoms with Crippen molar-refractivity contribution < 1.29 is 14.1 Å². The average Bonchev–Trinajstić information content (AvgIpc) is 3.30. The molecule has 9 heteroatoms. The largest absolute Gasteiger partial charge is 0.337 e. The topological polar surface area (TPSA) is 114 Å². The Balaban J connectivity index is 0.00000182. The fourth-order valence-corrected chi connectivity index (χ4v) is 4.26. The molecule has 25 heavy (non-hydrogen) atoms. The highest BCUT2D eigenvalue weighted by molar-refractivity contribution is 6.07. The molecule has 1 aliphatic heterocycles. The van der Waals surface area contributed by atoms with Crippen molar-refractivity contribution in [2.45, 2.75) is 75.4 Å². The van der Waals surface area contributed by atoms with Crippen LogP contribution in [0.15, 0.2) is 4.52 Å². The van der Waals surface area contributed by atoms with E-state index in [0.717, 1.165) is 38.5 Å². The van der Waals surface area contributed by atoms with Gasteiger partial charge in [0.1, 0.15) is 11.6 Å². The lowest BCUT2D eigenvalue weighted by Crippen LogP contribution is -2.44. The van der Waals surface area contributed by atoms with Crippen LogP contribution in [0.5, 0.6) is 0 Å². The van der Waals surface area contributed by atoms with Crippen LogP contribution in [-0.4, -0.2) is 32.5 Å². The Labute approximate surface area is 152 Å². The molecule has 4 rings (SSSR count). The lowest BCUT2D eigenvalue weighted by molar-refractivity contribution is -0.132. The van der Waals surface area contributed by atoms with Crippen molar-refractivity contribution in [1.29, 1.82) is 0 Å². The molecule has 3 N–H and O–H groups in total. The normalized spacial score (nSPS) is 25.3. The summed E-state index contributed by atoms with van der Waals surface area (Å²) in [5.41, 5.74) is 5.07. The minimum absolute atomic E-state index is 0. The van der Waals surface area contributed by atoms with Crippen LogP contribution in [0.2, 0.25) is 0 Å². The van der Waals surface area contributed by atoms with E-state index in [1.54, 1.807) is 6.92 Å². The third-order valence-corrected chi connectivity index (χ3v) is 5.78. The fraction of sp³-hybridized carbons (Fsp3) is 0.750. The first kappa shape index (κ1) is 18.1. The van der Waals surface area contributed by atoms with Crippen LogP contribution in [0.4, 0.5) is 4.79 Å². The minimum atomic E-state index is -0.727. The summed E-state index contributed by atoms with van der Waals surface area (Å²) in [5, 5.41) is 6.89. The van der Waals surface area contributed by atoms with Gasteiger partial charge in [-0.3, -0.25) is 4.79 Å². The highest BCUT2D eigenvalue weighted by Crippen LogP contribution is 2.39. The van der Waals surface area contributed by atoms with Gasteiger partial charge in [-0.2, -0.15) is 4.98 Å². The van der Waals surface area contributed by atoms with E-state index in [0.29, 0.717) is 18.7 Å². The summed E-state index contributed by atoms with van der Waals surface area (Å²) in [6.45, 7) is 1.74. The van der Waals surface area contributed by atoms with Crippen molar-refractivity contribution in [2.75, 3.05) is 0 Å². The molecule has 138 valence electrons. The zero-order chi connectivity index (χ0) is 16.9. The van der Waals surface area contributed by atoms with Gasteiger partial charge in [-0.25, -0.2) is 9.69 Å². The Morgan fingerprint density at radius 1 is 1.16 bits per heavy atom. The summed E-state index contributed by atoms with van der Waals surface area (Å²) in [6.07, 6.45) is 7.04. The zero-order valence-corrected chi connectivity index (χ0v) is 15.1. The first-order valence-corrected chi connectivity index (χ1v) is 8.74. The molecule has 2 heterocycles. The molecule has 3 amide bonds. The van der Waals surface area contributed by atoms with Gasteiger partial charge in [0.2, 0.25) is 5.89 Å². The zero-order valence-electron chi connectivity index (χ0n) is 14.3. The van der Waals surface area contributed by atoms with Crippen molar-refractivity contribution in [3.05, 3.63) is 11.7 Å². The number of hydrogen-bond acceptors (Lipinski definition) is 6. The van der Waals surface area contributed by atoms with Crippen molar-refractivity contribution in [3.63, 3.8) is 0 Å². The van der Waals surface area contributed by atoms with Gasteiger partial charge in [0.15, 0.2) is 5.82 Å². The number of halogens is 1. The van der Waals surface area contributed by atoms with E-state index >= 15 is 0 Å². The Morgan fingerprint density at radius 3 is 2.40 bits per heavy atom. The Bertz CT molecular complexity index is 679. The summed E-state index contributed by atoms with van der Waals surface area (Å²) in [4.78, 5) is 30.8. The van der Waals surface area contributed by atoms with Crippen molar-refractivity contribution in [1.82, 2.24) is 20.4 Å². The van der Waals surface area contributed by atoms with Gasteiger partial charge in [0.05, 0.1) is 5.54 Å². The highest BCUT2D eigenvalue weighted by atomic mass is 35.5. The number of carbonyl (C=O) groups is 2. The molecular weight excluding hydrogens is 346 g/mol. The summed E-state index contributed by atoms with van der Waals surface area (Å²) in [5.74, 6) is 0.560. The van der Waals surface area contributed by atoms with E-state index in [1.165, 1.54) is 4.90 Å². The molecule has 3 aliphatic rings. The third kappa shape index (κ3) is 2.71. The van der Waals surface area contributed by atoms with Crippen LogP contribution in [-0.2, 0) is 10.3 Å². The number of nitrogens with one attached hydrogen (secondary N) is 1. The first-order chi connectivity index (χ1) is 11.5. The molecule has 2 aliphatic carbocycles. The number of nitrogens with zero attached hydrogens (tertiary/aromatic N) is 3. The van der Waals surface area contributed by atoms with E-state index in [9.17, 15) is 9.59 Å². The molecule has 1 saturated heterocycles. The second-order valence-corrected chi connectivity index (χ2v) is 7.39. The van der Waals surface area contributed by atoms with Crippen molar-refractivity contribution in [3.8, 4) is 0 Å². The molecule has 0 aromatic carbocycles. The van der Waals surface area contributed by atoms with Gasteiger partial charge in [0.25, 0.3) is 5.91 Å². The molecule has 1 atom stereocenters. The van der Waals surface area contributed by atoms with E-state index in [1.807, 2.05) is 0 Å². The second kappa shape index (κ2) is 6.25. The molecule has 3 fully saturated rings. The molecule has 0 radical (unpaired) electrons. The third-order valence-electron chi connectivity index (χ3n) is 5.78. The Hall–Kier alpha value is -1.67. The lowest BCUT2D eigenvalue weighted by Gasteiger charge is -2.22. The summed E-state index contributed by atoms with van der Waals surface area (Å²) in [6, 6.07) is -0.971. The summed E-state index contributed by atoms with van der Waals surface area (Å²) >= 11 is 0. The van der Waals surface area contributed by atoms with Crippen LogP contribution in [0, 0.1) is 0 Å². The summed E-state index contributed by atoms with van der Waals surface area (Å²) in [7, 11) is 0. The van der Waals surface area contributed by atoms with Gasteiger partial charge in [-0.15, -0.1) is 12.4 Å². The number of imide groups is 1. The molecule has 1 aromatic rings. The first-order valence-electron chi connectivity index (χ1n) is 8.74. The number of carbonyl (C=O) groups excluding carboxylic acids is 2. The number of aromatic nitrogens is 2. The van der Waals surface area contributed by atoms with E-state index < -0.39 is 17.1 Å². The van der Waals surface area contributed by atoms with Crippen LogP contribution < -0.4 is 11.1 Å². The molecule has 1 spiro atoms. The predicted molar refractivity (Wildman–Crippen MR) is 90.9 cm³/mol. The van der Waals surface area contributed by atoms with Gasteiger partial charge in [0, 0.05) is 0 Å². The van der Waals surface area contributed by atoms with Gasteiger partial charge >= 0.3 is 6.03 Å². The SMILES string of the molecule is CC(c1nc(C2(N)CCCC2)no1)N1C(=O)NC2(CCCC2)C1=O.Cl. The van der Waals surface area contributed by atoms with Gasteiger partial charge in [-0.1, -0.05) is 30.8 Å². The maximum Gasteiger partial charge on any atom is 0.325 e. The maximum atomic E-state index is 12.8. The Kier molecular flexibility index (Phi) is 4.53. The maximum absolute atomic E-state index is 12.8. The number of rotatable bonds is 3. The molecule has 2 saturated carbocycles. The molecule has 1 aromatic heterocycles. The molecule has 0 bridgehead atoms. The Morgan fingerprint density at radius 2 is 1.76 bits per heavy atom. The van der Waals surface area contributed by atoms with E-state index in [2.05, 4.69) is 15.5 Å². The van der Waals surface area contributed by atoms with Crippen LogP contribution in [0.1, 0.15) is 76.0 Å². The second-order valence-electron chi connectivity index (χ2n) is 7.39. The lowest BCUT2D eigenvalue weighted by atomic mass is 9.97. The quantitative estimate of drug-likeness (QED) is 0.789. The van der Waals surface area contributed by atoms with Gasteiger partial charge in [-0.05, 0) is 32.6 Å². The van der Waals surface area contributed by atoms with E-state index in [-0.39, 0.29) is 30.2 Å². The van der Waals surface area contributed by atoms with Crippen LogP contribution >= 0.6 is 12.4 Å². The number of hydrogen-bond donors (Lipinski definition) is 2. The van der Waals surface area contributed by atoms with Gasteiger partial charge < -0.3 is 15.6 Å². The van der Waals surface area contributed by atoms with Crippen molar-refractivity contribution >= 4 is 24.3 Å². The molecule has 8 nitrogen and oxygen atoms in total. The summed E-state index contributed by atoms with van der Waals surface area (Å²) < 4.78 is 5.35.